The van der Waals surface area contributed by atoms with Gasteiger partial charge in [-0.25, -0.2) is 4.79 Å². The van der Waals surface area contributed by atoms with Crippen LogP contribution in [0.4, 0.5) is 5.69 Å². The highest BCUT2D eigenvalue weighted by Gasteiger charge is 2.23. The molecule has 3 rings (SSSR count). The number of hydrogen-bond donors (Lipinski definition) is 3. The first-order valence-electron chi connectivity index (χ1n) is 6.16. The summed E-state index contributed by atoms with van der Waals surface area (Å²) in [5.41, 5.74) is 1.23. The van der Waals surface area contributed by atoms with Gasteiger partial charge in [0.2, 0.25) is 0 Å². The van der Waals surface area contributed by atoms with Crippen LogP contribution in [0.25, 0.3) is 11.1 Å². The number of anilines is 1. The topological polar surface area (TPSA) is 107 Å². The van der Waals surface area contributed by atoms with E-state index in [0.29, 0.717) is 43.0 Å². The van der Waals surface area contributed by atoms with Gasteiger partial charge in [-0.3, -0.25) is 9.71 Å². The van der Waals surface area contributed by atoms with Crippen molar-refractivity contribution in [1.29, 1.82) is 0 Å². The van der Waals surface area contributed by atoms with Crippen molar-refractivity contribution < 1.29 is 12.8 Å². The summed E-state index contributed by atoms with van der Waals surface area (Å²) in [6.45, 7) is 2.13. The van der Waals surface area contributed by atoms with E-state index in [2.05, 4.69) is 15.0 Å². The maximum Gasteiger partial charge on any atom is 0.417 e. The van der Waals surface area contributed by atoms with E-state index >= 15 is 0 Å². The highest BCUT2D eigenvalue weighted by molar-refractivity contribution is 7.90. The standard InChI is InChI=1S/C11H14N4O4S/c16-11-13-9-7-8(1-2-10(9)19-11)14-20(17,18)15-5-3-12-4-6-15/h1-2,7,12,14H,3-6H2,(H,13,16). The van der Waals surface area contributed by atoms with Crippen molar-refractivity contribution in [2.24, 2.45) is 0 Å². The zero-order chi connectivity index (χ0) is 14.2. The van der Waals surface area contributed by atoms with Crippen molar-refractivity contribution in [3.8, 4) is 0 Å². The number of oxazole rings is 1. The molecule has 1 saturated heterocycles. The molecule has 0 bridgehead atoms. The summed E-state index contributed by atoms with van der Waals surface area (Å²) >= 11 is 0. The smallest absolute Gasteiger partial charge is 0.408 e. The van der Waals surface area contributed by atoms with Crippen molar-refractivity contribution in [2.45, 2.75) is 0 Å². The van der Waals surface area contributed by atoms with Crippen molar-refractivity contribution in [1.82, 2.24) is 14.6 Å². The molecule has 0 radical (unpaired) electrons. The zero-order valence-corrected chi connectivity index (χ0v) is 11.4. The lowest BCUT2D eigenvalue weighted by molar-refractivity contribution is 0.362. The number of aromatic amines is 1. The van der Waals surface area contributed by atoms with Crippen molar-refractivity contribution in [3.05, 3.63) is 28.7 Å². The minimum Gasteiger partial charge on any atom is -0.408 e. The normalized spacial score (nSPS) is 17.4. The van der Waals surface area contributed by atoms with Crippen molar-refractivity contribution in [2.75, 3.05) is 30.9 Å². The Balaban J connectivity index is 1.85. The highest BCUT2D eigenvalue weighted by Crippen LogP contribution is 2.18. The number of nitrogens with one attached hydrogen (secondary N) is 3. The second-order valence-electron chi connectivity index (χ2n) is 4.48. The maximum absolute atomic E-state index is 12.2. The lowest BCUT2D eigenvalue weighted by Gasteiger charge is -2.26. The van der Waals surface area contributed by atoms with E-state index in [0.717, 1.165) is 0 Å². The molecule has 1 fully saturated rings. The van der Waals surface area contributed by atoms with Crippen LogP contribution >= 0.6 is 0 Å². The molecule has 2 heterocycles. The van der Waals surface area contributed by atoms with Crippen LogP contribution in [0, 0.1) is 0 Å². The number of piperazine rings is 1. The molecule has 1 aliphatic heterocycles. The van der Waals surface area contributed by atoms with Gasteiger partial charge in [0.05, 0.1) is 11.2 Å². The van der Waals surface area contributed by atoms with Gasteiger partial charge >= 0.3 is 16.0 Å². The van der Waals surface area contributed by atoms with Crippen LogP contribution in [0.15, 0.2) is 27.4 Å². The Kier molecular flexibility index (Phi) is 3.24. The summed E-state index contributed by atoms with van der Waals surface area (Å²) in [7, 11) is -3.58. The molecule has 1 aliphatic rings. The van der Waals surface area contributed by atoms with Gasteiger partial charge in [-0.1, -0.05) is 0 Å². The molecule has 0 saturated carbocycles. The van der Waals surface area contributed by atoms with Gasteiger partial charge in [0.15, 0.2) is 5.58 Å². The molecule has 0 aliphatic carbocycles. The zero-order valence-electron chi connectivity index (χ0n) is 10.5. The fraction of sp³-hybridized carbons (Fsp3) is 0.364. The summed E-state index contributed by atoms with van der Waals surface area (Å²) in [6, 6.07) is 4.63. The molecule has 108 valence electrons. The van der Waals surface area contributed by atoms with E-state index in [1.165, 1.54) is 10.4 Å². The van der Waals surface area contributed by atoms with Crippen LogP contribution in [-0.4, -0.2) is 43.9 Å². The molecule has 20 heavy (non-hydrogen) atoms. The molecule has 8 nitrogen and oxygen atoms in total. The molecule has 3 N–H and O–H groups in total. The molecule has 0 amide bonds. The van der Waals surface area contributed by atoms with Gasteiger partial charge in [0.1, 0.15) is 0 Å². The molecule has 0 atom stereocenters. The van der Waals surface area contributed by atoms with Crippen LogP contribution in [0.3, 0.4) is 0 Å². The van der Waals surface area contributed by atoms with E-state index in [9.17, 15) is 13.2 Å². The number of H-pyrrole nitrogens is 1. The summed E-state index contributed by atoms with van der Waals surface area (Å²) in [6.07, 6.45) is 0. The van der Waals surface area contributed by atoms with Gasteiger partial charge in [-0.05, 0) is 18.2 Å². The quantitative estimate of drug-likeness (QED) is 0.720. The van der Waals surface area contributed by atoms with Crippen molar-refractivity contribution >= 4 is 27.0 Å². The second-order valence-corrected chi connectivity index (χ2v) is 6.15. The van der Waals surface area contributed by atoms with Gasteiger partial charge in [0.25, 0.3) is 0 Å². The van der Waals surface area contributed by atoms with Crippen LogP contribution in [0.5, 0.6) is 0 Å². The Hall–Kier alpha value is -1.84. The van der Waals surface area contributed by atoms with E-state index in [-0.39, 0.29) is 0 Å². The number of aromatic nitrogens is 1. The lowest BCUT2D eigenvalue weighted by Crippen LogP contribution is -2.48. The fourth-order valence-electron chi connectivity index (χ4n) is 2.11. The second kappa shape index (κ2) is 4.93. The molecular formula is C11H14N4O4S. The summed E-state index contributed by atoms with van der Waals surface area (Å²) < 4.78 is 33.1. The molecule has 1 aromatic heterocycles. The van der Waals surface area contributed by atoms with Crippen LogP contribution < -0.4 is 15.8 Å². The average molecular weight is 298 g/mol. The van der Waals surface area contributed by atoms with Gasteiger partial charge in [-0.2, -0.15) is 12.7 Å². The molecule has 0 unspecified atom stereocenters. The van der Waals surface area contributed by atoms with Crippen LogP contribution in [0.2, 0.25) is 0 Å². The van der Waals surface area contributed by atoms with Gasteiger partial charge in [-0.15, -0.1) is 0 Å². The number of benzene rings is 1. The third-order valence-corrected chi connectivity index (χ3v) is 4.62. The lowest BCUT2D eigenvalue weighted by atomic mass is 10.3. The summed E-state index contributed by atoms with van der Waals surface area (Å²) in [5, 5.41) is 3.09. The van der Waals surface area contributed by atoms with Gasteiger partial charge in [0, 0.05) is 26.2 Å². The molecular weight excluding hydrogens is 284 g/mol. The van der Waals surface area contributed by atoms with Crippen LogP contribution in [0.1, 0.15) is 0 Å². The minimum absolute atomic E-state index is 0.382. The predicted octanol–water partition coefficient (Wildman–Crippen LogP) is -0.317. The maximum atomic E-state index is 12.2. The highest BCUT2D eigenvalue weighted by atomic mass is 32.2. The monoisotopic (exact) mass is 298 g/mol. The summed E-state index contributed by atoms with van der Waals surface area (Å²) in [5.74, 6) is -0.567. The summed E-state index contributed by atoms with van der Waals surface area (Å²) in [4.78, 5) is 13.5. The first-order valence-corrected chi connectivity index (χ1v) is 7.60. The molecule has 2 aromatic rings. The number of hydrogen-bond acceptors (Lipinski definition) is 5. The van der Waals surface area contributed by atoms with E-state index in [1.54, 1.807) is 12.1 Å². The van der Waals surface area contributed by atoms with E-state index in [1.807, 2.05) is 0 Å². The largest absolute Gasteiger partial charge is 0.417 e. The molecule has 1 aromatic carbocycles. The Labute approximate surface area is 114 Å². The first kappa shape index (κ1) is 13.2. The number of rotatable bonds is 3. The molecule has 9 heteroatoms. The predicted molar refractivity (Wildman–Crippen MR) is 73.8 cm³/mol. The Morgan fingerprint density at radius 1 is 1.25 bits per heavy atom. The SMILES string of the molecule is O=c1[nH]c2cc(NS(=O)(=O)N3CCNCC3)ccc2o1. The third-order valence-electron chi connectivity index (χ3n) is 3.08. The minimum atomic E-state index is -3.58. The third kappa shape index (κ3) is 2.55. The fourth-order valence-corrected chi connectivity index (χ4v) is 3.33. The van der Waals surface area contributed by atoms with Crippen molar-refractivity contribution in [3.63, 3.8) is 0 Å². The molecule has 0 spiro atoms. The Morgan fingerprint density at radius 2 is 2.00 bits per heavy atom. The van der Waals surface area contributed by atoms with Gasteiger partial charge < -0.3 is 9.73 Å². The van der Waals surface area contributed by atoms with E-state index in [4.69, 9.17) is 4.42 Å². The van der Waals surface area contributed by atoms with Crippen LogP contribution in [-0.2, 0) is 10.2 Å². The van der Waals surface area contributed by atoms with E-state index < -0.39 is 16.0 Å². The first-order chi connectivity index (χ1) is 9.54. The average Bonchev–Trinajstić information content (AvgIpc) is 2.79. The Bertz CT molecular complexity index is 773. The Morgan fingerprint density at radius 3 is 2.75 bits per heavy atom. The number of fused-ring (bicyclic) bond motifs is 1. The number of nitrogens with zero attached hydrogens (tertiary/aromatic N) is 1.